The Kier molecular flexibility index (Phi) is 4.27. The maximum atomic E-state index is 5.61. The molecule has 2 fully saturated rings. The first-order valence-electron chi connectivity index (χ1n) is 6.94. The van der Waals surface area contributed by atoms with Gasteiger partial charge in [0, 0.05) is 18.9 Å². The summed E-state index contributed by atoms with van der Waals surface area (Å²) < 4.78 is 5.61. The van der Waals surface area contributed by atoms with Crippen LogP contribution in [0.3, 0.4) is 0 Å². The summed E-state index contributed by atoms with van der Waals surface area (Å²) in [4.78, 5) is 4.76. The molecule has 104 valence electrons. The molecule has 1 N–H and O–H groups in total. The van der Waals surface area contributed by atoms with Gasteiger partial charge in [0.1, 0.15) is 0 Å². The third kappa shape index (κ3) is 3.21. The van der Waals surface area contributed by atoms with E-state index in [1.165, 1.54) is 18.6 Å². The van der Waals surface area contributed by atoms with Crippen molar-refractivity contribution in [2.75, 3.05) is 19.4 Å². The van der Waals surface area contributed by atoms with Crippen LogP contribution in [-0.4, -0.2) is 36.2 Å². The van der Waals surface area contributed by atoms with Crippen molar-refractivity contribution in [1.29, 1.82) is 0 Å². The quantitative estimate of drug-likeness (QED) is 0.856. The average molecular weight is 270 g/mol. The molecular formula is C14H26N2OS. The maximum absolute atomic E-state index is 5.61. The van der Waals surface area contributed by atoms with Crippen LogP contribution in [0.25, 0.3) is 0 Å². The first kappa shape index (κ1) is 14.2. The van der Waals surface area contributed by atoms with Crippen LogP contribution < -0.4 is 5.32 Å². The molecule has 1 heterocycles. The fraction of sp³-hybridized carbons (Fsp3) is 0.929. The minimum atomic E-state index is 0.0456. The predicted molar refractivity (Wildman–Crippen MR) is 79.3 cm³/mol. The van der Waals surface area contributed by atoms with E-state index < -0.39 is 0 Å². The molecule has 1 aliphatic heterocycles. The molecule has 3 nitrogen and oxygen atoms in total. The highest BCUT2D eigenvalue weighted by atomic mass is 32.2. The van der Waals surface area contributed by atoms with Gasteiger partial charge in [-0.15, -0.1) is 0 Å². The summed E-state index contributed by atoms with van der Waals surface area (Å²) in [5.74, 6) is 1.17. The van der Waals surface area contributed by atoms with E-state index in [2.05, 4.69) is 26.1 Å². The minimum absolute atomic E-state index is 0.0456. The molecule has 1 unspecified atom stereocenters. The summed E-state index contributed by atoms with van der Waals surface area (Å²) in [5.41, 5.74) is 0.348. The van der Waals surface area contributed by atoms with Crippen molar-refractivity contribution >= 4 is 16.9 Å². The third-order valence-electron chi connectivity index (χ3n) is 4.20. The summed E-state index contributed by atoms with van der Waals surface area (Å²) in [6.45, 7) is 7.69. The number of hydrogen-bond acceptors (Lipinski definition) is 3. The van der Waals surface area contributed by atoms with Gasteiger partial charge in [-0.05, 0) is 31.1 Å². The zero-order valence-electron chi connectivity index (χ0n) is 12.1. The average Bonchev–Trinajstić information content (AvgIpc) is 2.27. The second kappa shape index (κ2) is 5.41. The number of ether oxygens (including phenoxy) is 1. The first-order valence-corrected chi connectivity index (χ1v) is 7.93. The molecule has 0 aromatic heterocycles. The summed E-state index contributed by atoms with van der Waals surface area (Å²) in [7, 11) is 1.82. The van der Waals surface area contributed by atoms with E-state index in [0.717, 1.165) is 24.6 Å². The number of thioether (sulfide) groups is 1. The Labute approximate surface area is 115 Å². The third-order valence-corrected chi connectivity index (χ3v) is 5.16. The molecule has 2 aliphatic rings. The predicted octanol–water partition coefficient (Wildman–Crippen LogP) is 3.05. The van der Waals surface area contributed by atoms with Crippen molar-refractivity contribution in [3.05, 3.63) is 0 Å². The van der Waals surface area contributed by atoms with E-state index in [1.807, 2.05) is 18.9 Å². The highest BCUT2D eigenvalue weighted by Crippen LogP contribution is 2.35. The Morgan fingerprint density at radius 3 is 2.67 bits per heavy atom. The molecular weight excluding hydrogens is 244 g/mol. The number of nitrogens with zero attached hydrogens (tertiary/aromatic N) is 1. The molecule has 0 amide bonds. The lowest BCUT2D eigenvalue weighted by Crippen LogP contribution is -2.47. The molecule has 0 aromatic rings. The molecule has 4 heteroatoms. The Morgan fingerprint density at radius 2 is 2.17 bits per heavy atom. The molecule has 0 radical (unpaired) electrons. The lowest BCUT2D eigenvalue weighted by Gasteiger charge is -2.40. The van der Waals surface area contributed by atoms with Gasteiger partial charge < -0.3 is 10.1 Å². The van der Waals surface area contributed by atoms with Crippen LogP contribution in [-0.2, 0) is 4.74 Å². The molecule has 18 heavy (non-hydrogen) atoms. The van der Waals surface area contributed by atoms with Gasteiger partial charge in [-0.2, -0.15) is 0 Å². The molecule has 0 spiro atoms. The van der Waals surface area contributed by atoms with Crippen LogP contribution in [0, 0.1) is 5.41 Å². The fourth-order valence-corrected chi connectivity index (χ4v) is 3.42. The Hall–Kier alpha value is -0.220. The van der Waals surface area contributed by atoms with Crippen LogP contribution in [0.2, 0.25) is 0 Å². The molecule has 1 saturated heterocycles. The summed E-state index contributed by atoms with van der Waals surface area (Å²) in [5, 5.41) is 4.71. The van der Waals surface area contributed by atoms with Crippen molar-refractivity contribution in [1.82, 2.24) is 5.32 Å². The molecule has 2 rings (SSSR count). The second-order valence-electron chi connectivity index (χ2n) is 6.56. The van der Waals surface area contributed by atoms with Gasteiger partial charge in [0.15, 0.2) is 5.17 Å². The van der Waals surface area contributed by atoms with Crippen molar-refractivity contribution in [2.24, 2.45) is 10.4 Å². The van der Waals surface area contributed by atoms with Gasteiger partial charge in [-0.25, -0.2) is 0 Å². The van der Waals surface area contributed by atoms with Gasteiger partial charge in [0.2, 0.25) is 0 Å². The highest BCUT2D eigenvalue weighted by Gasteiger charge is 2.37. The van der Waals surface area contributed by atoms with E-state index in [9.17, 15) is 0 Å². The van der Waals surface area contributed by atoms with Crippen molar-refractivity contribution in [3.8, 4) is 0 Å². The number of amidine groups is 1. The van der Waals surface area contributed by atoms with Crippen LogP contribution in [0.15, 0.2) is 4.99 Å². The van der Waals surface area contributed by atoms with E-state index in [4.69, 9.17) is 9.73 Å². The number of rotatable bonds is 3. The Morgan fingerprint density at radius 1 is 1.44 bits per heavy atom. The fourth-order valence-electron chi connectivity index (χ4n) is 2.49. The normalized spacial score (nSPS) is 29.8. The van der Waals surface area contributed by atoms with E-state index in [1.54, 1.807) is 0 Å². The standard InChI is InChI=1S/C14H26N2OS/c1-13(2,3)11-6-9-18-12(16-11)15-10-14(17-4)7-5-8-14/h11H,5-10H2,1-4H3,(H,15,16). The minimum Gasteiger partial charge on any atom is -0.376 e. The first-order chi connectivity index (χ1) is 8.45. The summed E-state index contributed by atoms with van der Waals surface area (Å²) >= 11 is 1.85. The number of methoxy groups -OCH3 is 1. The highest BCUT2D eigenvalue weighted by molar-refractivity contribution is 8.13. The summed E-state index contributed by atoms with van der Waals surface area (Å²) in [6.07, 6.45) is 4.83. The monoisotopic (exact) mass is 270 g/mol. The lowest BCUT2D eigenvalue weighted by atomic mass is 9.80. The zero-order valence-corrected chi connectivity index (χ0v) is 12.9. The van der Waals surface area contributed by atoms with Crippen molar-refractivity contribution in [2.45, 2.75) is 58.1 Å². The van der Waals surface area contributed by atoms with Crippen molar-refractivity contribution in [3.63, 3.8) is 0 Å². The van der Waals surface area contributed by atoms with Gasteiger partial charge in [0.25, 0.3) is 0 Å². The van der Waals surface area contributed by atoms with Crippen LogP contribution in [0.5, 0.6) is 0 Å². The van der Waals surface area contributed by atoms with Gasteiger partial charge in [-0.1, -0.05) is 32.5 Å². The Balaban J connectivity index is 1.92. The molecule has 1 atom stereocenters. The molecule has 0 bridgehead atoms. The lowest BCUT2D eigenvalue weighted by molar-refractivity contribution is -0.0629. The van der Waals surface area contributed by atoms with Gasteiger partial charge >= 0.3 is 0 Å². The number of hydrogen-bond donors (Lipinski definition) is 1. The molecule has 1 aliphatic carbocycles. The smallest absolute Gasteiger partial charge is 0.156 e. The zero-order chi connectivity index (χ0) is 13.2. The van der Waals surface area contributed by atoms with Crippen LogP contribution >= 0.6 is 11.8 Å². The number of aliphatic imine (C=N–C) groups is 1. The Bertz CT molecular complexity index is 313. The van der Waals surface area contributed by atoms with Crippen molar-refractivity contribution < 1.29 is 4.74 Å². The summed E-state index contributed by atoms with van der Waals surface area (Å²) in [6, 6.07) is 0.539. The van der Waals surface area contributed by atoms with Gasteiger partial charge in [0.05, 0.1) is 12.1 Å². The van der Waals surface area contributed by atoms with Crippen LogP contribution in [0.1, 0.15) is 46.5 Å². The SMILES string of the molecule is COC1(CN=C2NC(C(C)(C)C)CCS2)CCC1. The molecule has 1 saturated carbocycles. The second-order valence-corrected chi connectivity index (χ2v) is 7.65. The maximum Gasteiger partial charge on any atom is 0.156 e. The topological polar surface area (TPSA) is 33.6 Å². The van der Waals surface area contributed by atoms with E-state index in [0.29, 0.717) is 11.5 Å². The van der Waals surface area contributed by atoms with Crippen LogP contribution in [0.4, 0.5) is 0 Å². The number of nitrogens with one attached hydrogen (secondary N) is 1. The largest absolute Gasteiger partial charge is 0.376 e. The van der Waals surface area contributed by atoms with E-state index in [-0.39, 0.29) is 5.60 Å². The van der Waals surface area contributed by atoms with Gasteiger partial charge in [-0.3, -0.25) is 4.99 Å². The van der Waals surface area contributed by atoms with E-state index >= 15 is 0 Å². The molecule has 0 aromatic carbocycles.